The Bertz CT molecular complexity index is 758. The van der Waals surface area contributed by atoms with Crippen LogP contribution in [0.1, 0.15) is 22.0 Å². The van der Waals surface area contributed by atoms with Crippen molar-refractivity contribution >= 4 is 11.5 Å². The molecule has 0 saturated carbocycles. The van der Waals surface area contributed by atoms with Gasteiger partial charge in [0.2, 0.25) is 0 Å². The van der Waals surface area contributed by atoms with E-state index in [9.17, 15) is 14.9 Å². The molecule has 0 aromatic heterocycles. The van der Waals surface area contributed by atoms with E-state index in [0.717, 1.165) is 5.56 Å². The highest BCUT2D eigenvalue weighted by Crippen LogP contribution is 2.42. The van der Waals surface area contributed by atoms with Crippen molar-refractivity contribution in [3.63, 3.8) is 0 Å². The van der Waals surface area contributed by atoms with Gasteiger partial charge in [-0.05, 0) is 29.8 Å². The molecule has 0 bridgehead atoms. The van der Waals surface area contributed by atoms with Crippen molar-refractivity contribution in [3.05, 3.63) is 69.8 Å². The molecule has 1 aliphatic heterocycles. The predicted octanol–water partition coefficient (Wildman–Crippen LogP) is 2.90. The summed E-state index contributed by atoms with van der Waals surface area (Å²) in [7, 11) is 1.50. The maximum absolute atomic E-state index is 12.6. The molecule has 0 radical (unpaired) electrons. The number of carbonyl (C=O) groups is 1. The lowest BCUT2D eigenvalue weighted by Crippen LogP contribution is -2.11. The largest absolute Gasteiger partial charge is 0.467 e. The Morgan fingerprint density at radius 2 is 1.92 bits per heavy atom. The number of methoxy groups -OCH3 is 1. The predicted molar refractivity (Wildman–Crippen MR) is 84.0 cm³/mol. The zero-order chi connectivity index (χ0) is 17.1. The SMILES string of the molecule is COCOc1ccccc1C(=O)[C@@H]1O[C@@H]1c1ccc([N+](=O)[O-])cc1. The molecule has 7 heteroatoms. The van der Waals surface area contributed by atoms with Gasteiger partial charge >= 0.3 is 0 Å². The summed E-state index contributed by atoms with van der Waals surface area (Å²) >= 11 is 0. The van der Waals surface area contributed by atoms with Crippen LogP contribution in [0.3, 0.4) is 0 Å². The Morgan fingerprint density at radius 3 is 2.58 bits per heavy atom. The molecule has 0 spiro atoms. The highest BCUT2D eigenvalue weighted by Gasteiger charge is 2.47. The summed E-state index contributed by atoms with van der Waals surface area (Å²) in [5, 5.41) is 10.7. The van der Waals surface area contributed by atoms with Gasteiger partial charge < -0.3 is 14.2 Å². The first-order valence-electron chi connectivity index (χ1n) is 7.26. The van der Waals surface area contributed by atoms with Crippen molar-refractivity contribution in [3.8, 4) is 5.75 Å². The second-order valence-corrected chi connectivity index (χ2v) is 5.24. The van der Waals surface area contributed by atoms with Crippen molar-refractivity contribution in [1.82, 2.24) is 0 Å². The molecule has 1 fully saturated rings. The van der Waals surface area contributed by atoms with Gasteiger partial charge in [-0.25, -0.2) is 0 Å². The van der Waals surface area contributed by atoms with Gasteiger partial charge in [0, 0.05) is 19.2 Å². The first kappa shape index (κ1) is 16.1. The summed E-state index contributed by atoms with van der Waals surface area (Å²) in [6.45, 7) is 0.0433. The molecule has 124 valence electrons. The lowest BCUT2D eigenvalue weighted by atomic mass is 10.0. The Labute approximate surface area is 137 Å². The van der Waals surface area contributed by atoms with Crippen LogP contribution in [0, 0.1) is 10.1 Å². The third kappa shape index (κ3) is 3.27. The van der Waals surface area contributed by atoms with Crippen LogP contribution in [-0.2, 0) is 9.47 Å². The van der Waals surface area contributed by atoms with Gasteiger partial charge in [-0.1, -0.05) is 12.1 Å². The third-order valence-corrected chi connectivity index (χ3v) is 3.67. The number of Topliss-reactive ketones (excluding diaryl/α,β-unsaturated/α-hetero) is 1. The van der Waals surface area contributed by atoms with Crippen molar-refractivity contribution in [1.29, 1.82) is 0 Å². The molecular formula is C17H15NO6. The molecule has 0 amide bonds. The van der Waals surface area contributed by atoms with Gasteiger partial charge in [0.25, 0.3) is 5.69 Å². The van der Waals surface area contributed by atoms with Crippen LogP contribution in [0.25, 0.3) is 0 Å². The molecule has 1 heterocycles. The van der Waals surface area contributed by atoms with E-state index in [4.69, 9.17) is 14.2 Å². The number of nitro benzene ring substituents is 1. The Balaban J connectivity index is 1.73. The quantitative estimate of drug-likeness (QED) is 0.255. The van der Waals surface area contributed by atoms with Crippen LogP contribution in [0.5, 0.6) is 5.75 Å². The number of rotatable bonds is 7. The van der Waals surface area contributed by atoms with E-state index in [1.54, 1.807) is 36.4 Å². The van der Waals surface area contributed by atoms with Crippen LogP contribution < -0.4 is 4.74 Å². The molecule has 1 saturated heterocycles. The molecule has 0 N–H and O–H groups in total. The number of nitrogens with zero attached hydrogens (tertiary/aromatic N) is 1. The highest BCUT2D eigenvalue weighted by atomic mass is 16.7. The number of ether oxygens (including phenoxy) is 3. The van der Waals surface area contributed by atoms with E-state index in [-0.39, 0.29) is 18.3 Å². The number of nitro groups is 1. The Kier molecular flexibility index (Phi) is 4.54. The zero-order valence-corrected chi connectivity index (χ0v) is 12.9. The van der Waals surface area contributed by atoms with E-state index < -0.39 is 17.1 Å². The Hall–Kier alpha value is -2.77. The van der Waals surface area contributed by atoms with Crippen LogP contribution in [0.4, 0.5) is 5.69 Å². The molecule has 0 unspecified atom stereocenters. The summed E-state index contributed by atoms with van der Waals surface area (Å²) in [5.41, 5.74) is 1.15. The lowest BCUT2D eigenvalue weighted by Gasteiger charge is -2.08. The van der Waals surface area contributed by atoms with E-state index in [0.29, 0.717) is 11.3 Å². The first-order chi connectivity index (χ1) is 11.6. The van der Waals surface area contributed by atoms with Crippen molar-refractivity contribution in [2.75, 3.05) is 13.9 Å². The number of carbonyl (C=O) groups excluding carboxylic acids is 1. The van der Waals surface area contributed by atoms with Crippen molar-refractivity contribution in [2.45, 2.75) is 12.2 Å². The fourth-order valence-corrected chi connectivity index (χ4v) is 2.42. The van der Waals surface area contributed by atoms with Gasteiger partial charge in [-0.3, -0.25) is 14.9 Å². The number of ketones is 1. The zero-order valence-electron chi connectivity index (χ0n) is 12.9. The number of para-hydroxylation sites is 1. The minimum Gasteiger partial charge on any atom is -0.467 e. The lowest BCUT2D eigenvalue weighted by molar-refractivity contribution is -0.384. The Morgan fingerprint density at radius 1 is 1.21 bits per heavy atom. The molecule has 2 atom stereocenters. The maximum Gasteiger partial charge on any atom is 0.269 e. The van der Waals surface area contributed by atoms with Crippen LogP contribution in [-0.4, -0.2) is 30.7 Å². The van der Waals surface area contributed by atoms with Gasteiger partial charge in [0.15, 0.2) is 18.7 Å². The molecule has 0 aliphatic carbocycles. The fourth-order valence-electron chi connectivity index (χ4n) is 2.42. The standard InChI is InChI=1S/C17H15NO6/c1-22-10-23-14-5-3-2-4-13(14)15(19)17-16(24-17)11-6-8-12(9-7-11)18(20)21/h2-9,16-17H,10H2,1H3/t16-,17+/m1/s1. The molecule has 3 rings (SSSR count). The van der Waals surface area contributed by atoms with Gasteiger partial charge in [0.05, 0.1) is 10.5 Å². The van der Waals surface area contributed by atoms with E-state index in [1.807, 2.05) is 0 Å². The number of benzene rings is 2. The normalized spacial score (nSPS) is 18.9. The highest BCUT2D eigenvalue weighted by molar-refractivity contribution is 6.03. The van der Waals surface area contributed by atoms with Gasteiger partial charge in [-0.2, -0.15) is 0 Å². The molecular weight excluding hydrogens is 314 g/mol. The van der Waals surface area contributed by atoms with Crippen LogP contribution >= 0.6 is 0 Å². The maximum atomic E-state index is 12.6. The second-order valence-electron chi connectivity index (χ2n) is 5.24. The minimum atomic E-state index is -0.612. The molecule has 24 heavy (non-hydrogen) atoms. The van der Waals surface area contributed by atoms with Crippen LogP contribution in [0.15, 0.2) is 48.5 Å². The summed E-state index contributed by atoms with van der Waals surface area (Å²) in [4.78, 5) is 22.8. The molecule has 2 aromatic rings. The number of epoxide rings is 1. The fraction of sp³-hybridized carbons (Fsp3) is 0.235. The number of non-ortho nitro benzene ring substituents is 1. The number of hydrogen-bond acceptors (Lipinski definition) is 6. The average Bonchev–Trinajstić information content (AvgIpc) is 3.40. The minimum absolute atomic E-state index is 0.000544. The third-order valence-electron chi connectivity index (χ3n) is 3.67. The molecule has 7 nitrogen and oxygen atoms in total. The van der Waals surface area contributed by atoms with E-state index in [1.165, 1.54) is 19.2 Å². The first-order valence-corrected chi connectivity index (χ1v) is 7.26. The summed E-state index contributed by atoms with van der Waals surface area (Å²) in [6.07, 6.45) is -1.01. The second kappa shape index (κ2) is 6.77. The monoisotopic (exact) mass is 329 g/mol. The van der Waals surface area contributed by atoms with Gasteiger partial charge in [-0.15, -0.1) is 0 Å². The summed E-state index contributed by atoms with van der Waals surface area (Å²) in [5.74, 6) is 0.243. The average molecular weight is 329 g/mol. The smallest absolute Gasteiger partial charge is 0.269 e. The van der Waals surface area contributed by atoms with Crippen LogP contribution in [0.2, 0.25) is 0 Å². The van der Waals surface area contributed by atoms with Crippen molar-refractivity contribution < 1.29 is 23.9 Å². The topological polar surface area (TPSA) is 91.2 Å². The van der Waals surface area contributed by atoms with E-state index >= 15 is 0 Å². The molecule has 2 aromatic carbocycles. The van der Waals surface area contributed by atoms with Crippen molar-refractivity contribution in [2.24, 2.45) is 0 Å². The van der Waals surface area contributed by atoms with Gasteiger partial charge in [0.1, 0.15) is 11.9 Å². The van der Waals surface area contributed by atoms with E-state index in [2.05, 4.69) is 0 Å². The number of hydrogen-bond donors (Lipinski definition) is 0. The summed E-state index contributed by atoms with van der Waals surface area (Å²) in [6, 6.07) is 12.9. The molecule has 1 aliphatic rings. The summed E-state index contributed by atoms with van der Waals surface area (Å²) < 4.78 is 15.7.